The second-order valence-electron chi connectivity index (χ2n) is 6.75. The standard InChI is InChI=1S/C20H14ClF2NO3/c21-15-3-10(4-17(23)19(15)26)12-7-13-14(5-11(25)6-16(13)22)18(12)20-9(8-24)1-2-27-20/h1-6,9,12,18,20,25-26H,7H2. The normalized spacial score (nSPS) is 25.9. The minimum atomic E-state index is -0.877. The van der Waals surface area contributed by atoms with Gasteiger partial charge in [-0.3, -0.25) is 0 Å². The Labute approximate surface area is 158 Å². The predicted octanol–water partition coefficient (Wildman–Crippen LogP) is 4.51. The number of hydrogen-bond acceptors (Lipinski definition) is 4. The molecule has 0 saturated heterocycles. The van der Waals surface area contributed by atoms with Crippen molar-refractivity contribution in [3.63, 3.8) is 0 Å². The highest BCUT2D eigenvalue weighted by Gasteiger charge is 2.45. The molecule has 0 radical (unpaired) electrons. The predicted molar refractivity (Wildman–Crippen MR) is 93.4 cm³/mol. The van der Waals surface area contributed by atoms with Gasteiger partial charge < -0.3 is 14.9 Å². The molecule has 1 aliphatic carbocycles. The molecule has 4 atom stereocenters. The number of hydrogen-bond donors (Lipinski definition) is 2. The summed E-state index contributed by atoms with van der Waals surface area (Å²) in [5.41, 5.74) is 1.37. The lowest BCUT2D eigenvalue weighted by atomic mass is 9.79. The number of ether oxygens (including phenoxy) is 1. The molecule has 0 amide bonds. The van der Waals surface area contributed by atoms with E-state index in [1.165, 1.54) is 18.4 Å². The van der Waals surface area contributed by atoms with E-state index in [9.17, 15) is 24.3 Å². The largest absolute Gasteiger partial charge is 0.508 e. The van der Waals surface area contributed by atoms with Crippen molar-refractivity contribution < 1.29 is 23.7 Å². The molecule has 4 nitrogen and oxygen atoms in total. The van der Waals surface area contributed by atoms with Crippen molar-refractivity contribution in [3.8, 4) is 17.6 Å². The lowest BCUT2D eigenvalue weighted by Gasteiger charge is -2.28. The summed E-state index contributed by atoms with van der Waals surface area (Å²) in [6, 6.07) is 7.22. The lowest BCUT2D eigenvalue weighted by molar-refractivity contribution is 0.114. The van der Waals surface area contributed by atoms with Gasteiger partial charge in [-0.1, -0.05) is 11.6 Å². The Morgan fingerprint density at radius 1 is 1.15 bits per heavy atom. The number of phenols is 2. The zero-order valence-electron chi connectivity index (χ0n) is 13.9. The fourth-order valence-electron chi connectivity index (χ4n) is 4.09. The van der Waals surface area contributed by atoms with E-state index < -0.39 is 41.2 Å². The minimum absolute atomic E-state index is 0.148. The Kier molecular flexibility index (Phi) is 4.20. The lowest BCUT2D eigenvalue weighted by Crippen LogP contribution is -2.27. The van der Waals surface area contributed by atoms with Crippen LogP contribution in [0.3, 0.4) is 0 Å². The van der Waals surface area contributed by atoms with Crippen LogP contribution in [0, 0.1) is 28.9 Å². The molecule has 27 heavy (non-hydrogen) atoms. The van der Waals surface area contributed by atoms with Gasteiger partial charge in [-0.15, -0.1) is 0 Å². The average Bonchev–Trinajstić information content (AvgIpc) is 3.22. The molecule has 1 aliphatic heterocycles. The third-order valence-electron chi connectivity index (χ3n) is 5.28. The van der Waals surface area contributed by atoms with Gasteiger partial charge in [0.1, 0.15) is 23.6 Å². The molecule has 0 spiro atoms. The molecular formula is C20H14ClF2NO3. The van der Waals surface area contributed by atoms with Crippen LogP contribution in [-0.4, -0.2) is 16.3 Å². The summed E-state index contributed by atoms with van der Waals surface area (Å²) >= 11 is 5.93. The van der Waals surface area contributed by atoms with Gasteiger partial charge in [-0.2, -0.15) is 5.26 Å². The van der Waals surface area contributed by atoms with E-state index in [1.54, 1.807) is 6.08 Å². The van der Waals surface area contributed by atoms with Crippen molar-refractivity contribution in [1.29, 1.82) is 5.26 Å². The first-order valence-corrected chi connectivity index (χ1v) is 8.69. The smallest absolute Gasteiger partial charge is 0.170 e. The summed E-state index contributed by atoms with van der Waals surface area (Å²) < 4.78 is 34.2. The Bertz CT molecular complexity index is 978. The highest BCUT2D eigenvalue weighted by Crippen LogP contribution is 2.51. The number of benzene rings is 2. The number of halogens is 3. The third-order valence-corrected chi connectivity index (χ3v) is 5.57. The monoisotopic (exact) mass is 389 g/mol. The number of phenolic OH excluding ortho intramolecular Hbond substituents is 2. The molecule has 2 aromatic rings. The van der Waals surface area contributed by atoms with Gasteiger partial charge in [0.25, 0.3) is 0 Å². The summed E-state index contributed by atoms with van der Waals surface area (Å²) in [5, 5.41) is 28.7. The summed E-state index contributed by atoms with van der Waals surface area (Å²) in [6.07, 6.45) is 2.66. The Morgan fingerprint density at radius 2 is 1.93 bits per heavy atom. The maximum atomic E-state index is 14.5. The van der Waals surface area contributed by atoms with E-state index in [0.29, 0.717) is 16.7 Å². The maximum Gasteiger partial charge on any atom is 0.170 e. The van der Waals surface area contributed by atoms with Crippen LogP contribution in [0.2, 0.25) is 5.02 Å². The van der Waals surface area contributed by atoms with Crippen molar-refractivity contribution in [1.82, 2.24) is 0 Å². The van der Waals surface area contributed by atoms with Crippen molar-refractivity contribution in [2.45, 2.75) is 24.4 Å². The van der Waals surface area contributed by atoms with Crippen LogP contribution in [-0.2, 0) is 11.2 Å². The molecule has 0 fully saturated rings. The zero-order chi connectivity index (χ0) is 19.3. The zero-order valence-corrected chi connectivity index (χ0v) is 14.6. The molecule has 2 aliphatic rings. The third kappa shape index (κ3) is 2.79. The van der Waals surface area contributed by atoms with Crippen molar-refractivity contribution in [3.05, 3.63) is 70.0 Å². The first-order valence-electron chi connectivity index (χ1n) is 8.31. The van der Waals surface area contributed by atoms with E-state index >= 15 is 0 Å². The van der Waals surface area contributed by atoms with Crippen molar-refractivity contribution in [2.24, 2.45) is 5.92 Å². The maximum absolute atomic E-state index is 14.5. The van der Waals surface area contributed by atoms with E-state index in [1.807, 2.05) is 0 Å². The fraction of sp³-hybridized carbons (Fsp3) is 0.250. The number of fused-ring (bicyclic) bond motifs is 1. The second-order valence-corrected chi connectivity index (χ2v) is 7.16. The van der Waals surface area contributed by atoms with Crippen LogP contribution in [0.25, 0.3) is 0 Å². The number of nitriles is 1. The molecule has 138 valence electrons. The first kappa shape index (κ1) is 17.6. The Hall–Kier alpha value is -2.78. The number of aromatic hydroxyl groups is 2. The van der Waals surface area contributed by atoms with Crippen LogP contribution < -0.4 is 0 Å². The molecular weight excluding hydrogens is 376 g/mol. The molecule has 2 aromatic carbocycles. The highest BCUT2D eigenvalue weighted by atomic mass is 35.5. The quantitative estimate of drug-likeness (QED) is 0.792. The van der Waals surface area contributed by atoms with Gasteiger partial charge in [-0.25, -0.2) is 8.78 Å². The number of nitrogens with zero attached hydrogens (tertiary/aromatic N) is 1. The SMILES string of the molecule is N#CC1C=COC1C1c2cc(O)cc(F)c2CC1c1cc(F)c(O)c(Cl)c1. The van der Waals surface area contributed by atoms with Crippen LogP contribution >= 0.6 is 11.6 Å². The summed E-state index contributed by atoms with van der Waals surface area (Å²) in [4.78, 5) is 0. The van der Waals surface area contributed by atoms with Crippen LogP contribution in [0.4, 0.5) is 8.78 Å². The van der Waals surface area contributed by atoms with Gasteiger partial charge in [0.2, 0.25) is 0 Å². The Balaban J connectivity index is 1.86. The summed E-state index contributed by atoms with van der Waals surface area (Å²) in [5.74, 6) is -3.83. The second kappa shape index (κ2) is 6.43. The minimum Gasteiger partial charge on any atom is -0.508 e. The molecule has 0 aromatic heterocycles. The van der Waals surface area contributed by atoms with Crippen LogP contribution in [0.1, 0.15) is 28.5 Å². The molecule has 1 heterocycles. The molecule has 4 unspecified atom stereocenters. The van der Waals surface area contributed by atoms with Crippen LogP contribution in [0.15, 0.2) is 36.6 Å². The van der Waals surface area contributed by atoms with Gasteiger partial charge in [0.05, 0.1) is 17.4 Å². The number of rotatable bonds is 2. The summed E-state index contributed by atoms with van der Waals surface area (Å²) in [6.45, 7) is 0. The summed E-state index contributed by atoms with van der Waals surface area (Å²) in [7, 11) is 0. The molecule has 7 heteroatoms. The van der Waals surface area contributed by atoms with E-state index in [2.05, 4.69) is 6.07 Å². The average molecular weight is 390 g/mol. The van der Waals surface area contributed by atoms with Gasteiger partial charge in [0.15, 0.2) is 11.6 Å². The fourth-order valence-corrected chi connectivity index (χ4v) is 4.31. The molecule has 0 saturated carbocycles. The highest BCUT2D eigenvalue weighted by molar-refractivity contribution is 6.32. The van der Waals surface area contributed by atoms with Gasteiger partial charge in [-0.05, 0) is 53.3 Å². The van der Waals surface area contributed by atoms with Crippen molar-refractivity contribution >= 4 is 11.6 Å². The van der Waals surface area contributed by atoms with Crippen LogP contribution in [0.5, 0.6) is 11.5 Å². The topological polar surface area (TPSA) is 73.5 Å². The van der Waals surface area contributed by atoms with Crippen molar-refractivity contribution in [2.75, 3.05) is 0 Å². The molecule has 4 rings (SSSR count). The van der Waals surface area contributed by atoms with E-state index in [0.717, 1.165) is 12.1 Å². The molecule has 0 bridgehead atoms. The van der Waals surface area contributed by atoms with Gasteiger partial charge in [0, 0.05) is 12.0 Å². The van der Waals surface area contributed by atoms with E-state index in [4.69, 9.17) is 16.3 Å². The molecule has 2 N–H and O–H groups in total. The van der Waals surface area contributed by atoms with E-state index in [-0.39, 0.29) is 17.2 Å². The Morgan fingerprint density at radius 3 is 2.63 bits per heavy atom. The van der Waals surface area contributed by atoms with Gasteiger partial charge >= 0.3 is 0 Å². The first-order chi connectivity index (χ1) is 12.9.